The van der Waals surface area contributed by atoms with Crippen LogP contribution in [0, 0.1) is 6.92 Å². The van der Waals surface area contributed by atoms with Gasteiger partial charge in [0.05, 0.1) is 0 Å². The third-order valence-corrected chi connectivity index (χ3v) is 3.03. The fourth-order valence-corrected chi connectivity index (χ4v) is 2.04. The van der Waals surface area contributed by atoms with Crippen molar-refractivity contribution in [1.82, 2.24) is 4.98 Å². The average molecular weight is 278 g/mol. The van der Waals surface area contributed by atoms with Gasteiger partial charge in [-0.25, -0.2) is 0 Å². The Hall–Kier alpha value is -1.19. The van der Waals surface area contributed by atoms with Gasteiger partial charge in [-0.15, -0.1) is 0 Å². The molecule has 1 aromatic heterocycles. The maximum atomic E-state index is 10.2. The van der Waals surface area contributed by atoms with E-state index >= 15 is 0 Å². The van der Waals surface area contributed by atoms with Crippen molar-refractivity contribution in [2.45, 2.75) is 13.0 Å². The molecule has 0 saturated carbocycles. The van der Waals surface area contributed by atoms with Crippen LogP contribution in [-0.2, 0) is 0 Å². The van der Waals surface area contributed by atoms with Gasteiger partial charge in [-0.2, -0.15) is 0 Å². The van der Waals surface area contributed by atoms with Crippen molar-refractivity contribution < 1.29 is 5.11 Å². The minimum absolute atomic E-state index is 0.619. The number of aryl methyl sites for hydroxylation is 1. The number of hydrogen-bond acceptors (Lipinski definition) is 2. The molecule has 0 aliphatic carbocycles. The Morgan fingerprint density at radius 3 is 2.81 bits per heavy atom. The maximum absolute atomic E-state index is 10.2. The lowest BCUT2D eigenvalue weighted by atomic mass is 10.00. The first-order chi connectivity index (χ1) is 7.68. The molecule has 2 rings (SSSR count). The Bertz CT molecular complexity index is 499. The van der Waals surface area contributed by atoms with Crippen molar-refractivity contribution in [3.63, 3.8) is 0 Å². The minimum Gasteiger partial charge on any atom is -0.384 e. The van der Waals surface area contributed by atoms with Gasteiger partial charge in [0, 0.05) is 22.4 Å². The van der Waals surface area contributed by atoms with Gasteiger partial charge in [0.2, 0.25) is 0 Å². The summed E-state index contributed by atoms with van der Waals surface area (Å²) < 4.78 is 0.964. The number of halogens is 1. The summed E-state index contributed by atoms with van der Waals surface area (Å²) in [5.74, 6) is 0. The summed E-state index contributed by atoms with van der Waals surface area (Å²) in [6, 6.07) is 9.57. The van der Waals surface area contributed by atoms with Gasteiger partial charge >= 0.3 is 0 Å². The number of nitrogens with zero attached hydrogens (tertiary/aromatic N) is 1. The number of aliphatic hydroxyl groups excluding tert-OH is 1. The Morgan fingerprint density at radius 1 is 1.31 bits per heavy atom. The molecule has 1 heterocycles. The van der Waals surface area contributed by atoms with Gasteiger partial charge in [-0.05, 0) is 36.2 Å². The number of pyridine rings is 1. The van der Waals surface area contributed by atoms with E-state index in [-0.39, 0.29) is 0 Å². The quantitative estimate of drug-likeness (QED) is 0.914. The van der Waals surface area contributed by atoms with Crippen molar-refractivity contribution in [1.29, 1.82) is 0 Å². The summed E-state index contributed by atoms with van der Waals surface area (Å²) in [7, 11) is 0. The lowest BCUT2D eigenvalue weighted by Crippen LogP contribution is -2.02. The molecule has 0 spiro atoms. The summed E-state index contributed by atoms with van der Waals surface area (Å²) in [6.07, 6.45) is 2.82. The van der Waals surface area contributed by atoms with Crippen LogP contribution < -0.4 is 0 Å². The highest BCUT2D eigenvalue weighted by atomic mass is 79.9. The number of rotatable bonds is 2. The Kier molecular flexibility index (Phi) is 3.36. The predicted octanol–water partition coefficient (Wildman–Crippen LogP) is 3.23. The molecule has 0 radical (unpaired) electrons. The lowest BCUT2D eigenvalue weighted by Gasteiger charge is -2.13. The van der Waals surface area contributed by atoms with E-state index in [0.29, 0.717) is 0 Å². The Morgan fingerprint density at radius 2 is 2.12 bits per heavy atom. The summed E-state index contributed by atoms with van der Waals surface area (Å²) in [5, 5.41) is 10.2. The summed E-state index contributed by atoms with van der Waals surface area (Å²) in [4.78, 5) is 4.04. The van der Waals surface area contributed by atoms with Gasteiger partial charge in [0.1, 0.15) is 6.10 Å². The van der Waals surface area contributed by atoms with Crippen molar-refractivity contribution >= 4 is 15.9 Å². The highest BCUT2D eigenvalue weighted by Crippen LogP contribution is 2.25. The van der Waals surface area contributed by atoms with Crippen LogP contribution in [0.25, 0.3) is 0 Å². The zero-order valence-corrected chi connectivity index (χ0v) is 10.5. The van der Waals surface area contributed by atoms with Gasteiger partial charge in [-0.1, -0.05) is 28.1 Å². The molecular formula is C13H12BrNO. The minimum atomic E-state index is -0.619. The summed E-state index contributed by atoms with van der Waals surface area (Å²) in [5.41, 5.74) is 2.76. The second kappa shape index (κ2) is 4.76. The van der Waals surface area contributed by atoms with Gasteiger partial charge in [0.15, 0.2) is 0 Å². The van der Waals surface area contributed by atoms with Crippen LogP contribution in [0.1, 0.15) is 22.8 Å². The molecule has 2 aromatic rings. The molecule has 1 atom stereocenters. The van der Waals surface area contributed by atoms with E-state index in [1.807, 2.05) is 37.3 Å². The van der Waals surface area contributed by atoms with E-state index in [1.54, 1.807) is 12.4 Å². The number of benzene rings is 1. The zero-order valence-electron chi connectivity index (χ0n) is 8.89. The molecule has 0 amide bonds. The standard InChI is InChI=1S/C13H12BrNO/c1-9-5-6-15-8-12(9)13(16)10-3-2-4-11(14)7-10/h2-8,13,16H,1H3. The molecule has 0 saturated heterocycles. The summed E-state index contributed by atoms with van der Waals surface area (Å²) in [6.45, 7) is 1.97. The Labute approximate surface area is 103 Å². The normalized spacial score (nSPS) is 12.4. The van der Waals surface area contributed by atoms with E-state index < -0.39 is 6.10 Å². The van der Waals surface area contributed by atoms with Gasteiger partial charge < -0.3 is 5.11 Å². The van der Waals surface area contributed by atoms with Crippen molar-refractivity contribution in [2.75, 3.05) is 0 Å². The lowest BCUT2D eigenvalue weighted by molar-refractivity contribution is 0.219. The maximum Gasteiger partial charge on any atom is 0.106 e. The topological polar surface area (TPSA) is 33.1 Å². The van der Waals surface area contributed by atoms with Crippen LogP contribution in [0.2, 0.25) is 0 Å². The SMILES string of the molecule is Cc1ccncc1C(O)c1cccc(Br)c1. The molecule has 2 nitrogen and oxygen atoms in total. The van der Waals surface area contributed by atoms with Gasteiger partial charge in [-0.3, -0.25) is 4.98 Å². The van der Waals surface area contributed by atoms with Crippen LogP contribution in [0.5, 0.6) is 0 Å². The first-order valence-corrected chi connectivity index (χ1v) is 5.82. The zero-order chi connectivity index (χ0) is 11.5. The summed E-state index contributed by atoms with van der Waals surface area (Å²) >= 11 is 3.39. The second-order valence-corrected chi connectivity index (χ2v) is 4.61. The highest BCUT2D eigenvalue weighted by Gasteiger charge is 2.12. The van der Waals surface area contributed by atoms with E-state index in [2.05, 4.69) is 20.9 Å². The molecule has 1 unspecified atom stereocenters. The fourth-order valence-electron chi connectivity index (χ4n) is 1.62. The number of aliphatic hydroxyl groups is 1. The molecule has 3 heteroatoms. The van der Waals surface area contributed by atoms with Crippen molar-refractivity contribution in [3.05, 3.63) is 63.9 Å². The smallest absolute Gasteiger partial charge is 0.106 e. The molecule has 0 bridgehead atoms. The van der Waals surface area contributed by atoms with Crippen LogP contribution >= 0.6 is 15.9 Å². The largest absolute Gasteiger partial charge is 0.384 e. The van der Waals surface area contributed by atoms with Crippen LogP contribution in [0.15, 0.2) is 47.2 Å². The van der Waals surface area contributed by atoms with Crippen LogP contribution in [-0.4, -0.2) is 10.1 Å². The van der Waals surface area contributed by atoms with Gasteiger partial charge in [0.25, 0.3) is 0 Å². The average Bonchev–Trinajstić information content (AvgIpc) is 2.29. The number of hydrogen-bond donors (Lipinski definition) is 1. The first kappa shape index (κ1) is 11.3. The predicted molar refractivity (Wildman–Crippen MR) is 67.2 cm³/mol. The first-order valence-electron chi connectivity index (χ1n) is 5.02. The highest BCUT2D eigenvalue weighted by molar-refractivity contribution is 9.10. The van der Waals surface area contributed by atoms with E-state index in [4.69, 9.17) is 0 Å². The van der Waals surface area contributed by atoms with Crippen molar-refractivity contribution in [2.24, 2.45) is 0 Å². The van der Waals surface area contributed by atoms with Crippen LogP contribution in [0.4, 0.5) is 0 Å². The fraction of sp³-hybridized carbons (Fsp3) is 0.154. The molecule has 1 N–H and O–H groups in total. The van der Waals surface area contributed by atoms with E-state index in [0.717, 1.165) is 21.2 Å². The van der Waals surface area contributed by atoms with E-state index in [9.17, 15) is 5.11 Å². The van der Waals surface area contributed by atoms with E-state index in [1.165, 1.54) is 0 Å². The second-order valence-electron chi connectivity index (χ2n) is 3.69. The monoisotopic (exact) mass is 277 g/mol. The third-order valence-electron chi connectivity index (χ3n) is 2.54. The molecule has 16 heavy (non-hydrogen) atoms. The molecule has 0 aliphatic heterocycles. The van der Waals surface area contributed by atoms with Crippen LogP contribution in [0.3, 0.4) is 0 Å². The molecule has 0 fully saturated rings. The molecule has 1 aromatic carbocycles. The molecule has 0 aliphatic rings. The third kappa shape index (κ3) is 2.31. The number of aromatic nitrogens is 1. The van der Waals surface area contributed by atoms with Crippen molar-refractivity contribution in [3.8, 4) is 0 Å². The molecule has 82 valence electrons. The molecular weight excluding hydrogens is 266 g/mol. The Balaban J connectivity index is 2.39.